The van der Waals surface area contributed by atoms with E-state index in [-0.39, 0.29) is 6.61 Å². The smallest absolute Gasteiger partial charge is 0.163 e. The van der Waals surface area contributed by atoms with E-state index >= 15 is 0 Å². The fourth-order valence-electron chi connectivity index (χ4n) is 2.39. The lowest BCUT2D eigenvalue weighted by Gasteiger charge is -2.29. The van der Waals surface area contributed by atoms with Crippen LogP contribution in [0.3, 0.4) is 0 Å². The summed E-state index contributed by atoms with van der Waals surface area (Å²) in [6.45, 7) is 2.73. The number of aryl methyl sites for hydroxylation is 1. The Hall–Kier alpha value is -1.85. The number of rotatable bonds is 6. The lowest BCUT2D eigenvalue weighted by atomic mass is 9.90. The molecular formula is C15H20N2O3. The third-order valence-corrected chi connectivity index (χ3v) is 3.32. The number of ether oxygens (including phenoxy) is 2. The molecule has 1 aromatic carbocycles. The lowest BCUT2D eigenvalue weighted by molar-refractivity contribution is -0.0110. The highest BCUT2D eigenvalue weighted by Crippen LogP contribution is 2.35. The summed E-state index contributed by atoms with van der Waals surface area (Å²) in [5, 5.41) is 15.5. The van der Waals surface area contributed by atoms with E-state index < -0.39 is 5.60 Å². The number of aromatic nitrogens is 2. The summed E-state index contributed by atoms with van der Waals surface area (Å²) in [6, 6.07) is 9.41. The number of methoxy groups -OCH3 is 2. The van der Waals surface area contributed by atoms with Gasteiger partial charge < -0.3 is 14.6 Å². The zero-order chi connectivity index (χ0) is 14.6. The van der Waals surface area contributed by atoms with Crippen LogP contribution in [0.1, 0.15) is 18.2 Å². The van der Waals surface area contributed by atoms with Crippen molar-refractivity contribution in [2.75, 3.05) is 20.8 Å². The van der Waals surface area contributed by atoms with Crippen molar-refractivity contribution >= 4 is 0 Å². The van der Waals surface area contributed by atoms with E-state index in [2.05, 4.69) is 5.10 Å². The Morgan fingerprint density at radius 1 is 1.25 bits per heavy atom. The van der Waals surface area contributed by atoms with Crippen molar-refractivity contribution in [2.45, 2.75) is 19.1 Å². The molecule has 0 saturated carbocycles. The molecule has 1 aromatic heterocycles. The highest BCUT2D eigenvalue weighted by atomic mass is 16.5. The van der Waals surface area contributed by atoms with Crippen molar-refractivity contribution in [1.82, 2.24) is 9.78 Å². The summed E-state index contributed by atoms with van der Waals surface area (Å²) in [6.07, 6.45) is 1.61. The van der Waals surface area contributed by atoms with Gasteiger partial charge >= 0.3 is 0 Å². The number of hydrogen-bond acceptors (Lipinski definition) is 4. The van der Waals surface area contributed by atoms with Crippen molar-refractivity contribution < 1.29 is 14.6 Å². The molecule has 0 aliphatic carbocycles. The van der Waals surface area contributed by atoms with E-state index in [9.17, 15) is 5.11 Å². The Morgan fingerprint density at radius 3 is 2.50 bits per heavy atom. The SMILES string of the molecule is CCn1ncc(OC)c1C(O)(COC)c1ccccc1. The lowest BCUT2D eigenvalue weighted by Crippen LogP contribution is -2.35. The first-order valence-electron chi connectivity index (χ1n) is 6.54. The summed E-state index contributed by atoms with van der Waals surface area (Å²) in [5.74, 6) is 0.551. The van der Waals surface area contributed by atoms with Crippen LogP contribution in [0.4, 0.5) is 0 Å². The molecule has 0 spiro atoms. The van der Waals surface area contributed by atoms with Gasteiger partial charge in [0.1, 0.15) is 5.69 Å². The molecule has 1 N–H and O–H groups in total. The van der Waals surface area contributed by atoms with Crippen LogP contribution >= 0.6 is 0 Å². The first-order chi connectivity index (χ1) is 9.67. The van der Waals surface area contributed by atoms with Gasteiger partial charge in [-0.15, -0.1) is 0 Å². The first-order valence-corrected chi connectivity index (χ1v) is 6.54. The highest BCUT2D eigenvalue weighted by Gasteiger charge is 2.38. The van der Waals surface area contributed by atoms with E-state index in [1.54, 1.807) is 25.1 Å². The van der Waals surface area contributed by atoms with Crippen LogP contribution < -0.4 is 4.74 Å². The predicted molar refractivity (Wildman–Crippen MR) is 75.8 cm³/mol. The topological polar surface area (TPSA) is 56.5 Å². The van der Waals surface area contributed by atoms with Crippen molar-refractivity contribution in [3.8, 4) is 5.75 Å². The standard InChI is InChI=1S/C15H20N2O3/c1-4-17-14(13(20-3)10-16-17)15(18,11-19-2)12-8-6-5-7-9-12/h5-10,18H,4,11H2,1-3H3. The maximum Gasteiger partial charge on any atom is 0.163 e. The normalized spacial score (nSPS) is 14.0. The molecule has 1 heterocycles. The summed E-state index contributed by atoms with van der Waals surface area (Å²) in [7, 11) is 3.13. The molecule has 2 rings (SSSR count). The van der Waals surface area contributed by atoms with Crippen LogP contribution in [-0.4, -0.2) is 35.7 Å². The molecule has 5 heteroatoms. The van der Waals surface area contributed by atoms with Gasteiger partial charge in [-0.25, -0.2) is 0 Å². The second kappa shape index (κ2) is 6.07. The molecule has 20 heavy (non-hydrogen) atoms. The number of benzene rings is 1. The highest BCUT2D eigenvalue weighted by molar-refractivity contribution is 5.40. The Morgan fingerprint density at radius 2 is 1.95 bits per heavy atom. The second-order valence-electron chi connectivity index (χ2n) is 4.54. The minimum atomic E-state index is -1.30. The Labute approximate surface area is 118 Å². The quantitative estimate of drug-likeness (QED) is 0.874. The van der Waals surface area contributed by atoms with Crippen molar-refractivity contribution in [2.24, 2.45) is 0 Å². The minimum absolute atomic E-state index is 0.124. The summed E-state index contributed by atoms with van der Waals surface area (Å²) in [4.78, 5) is 0. The zero-order valence-corrected chi connectivity index (χ0v) is 12.0. The van der Waals surface area contributed by atoms with Crippen LogP contribution in [-0.2, 0) is 16.9 Å². The third kappa shape index (κ3) is 2.42. The average Bonchev–Trinajstić information content (AvgIpc) is 2.92. The molecule has 1 atom stereocenters. The summed E-state index contributed by atoms with van der Waals surface area (Å²) >= 11 is 0. The van der Waals surface area contributed by atoms with E-state index in [1.807, 2.05) is 37.3 Å². The largest absolute Gasteiger partial charge is 0.493 e. The van der Waals surface area contributed by atoms with Gasteiger partial charge in [-0.3, -0.25) is 4.68 Å². The first kappa shape index (κ1) is 14.6. The summed E-state index contributed by atoms with van der Waals surface area (Å²) < 4.78 is 12.3. The fourth-order valence-corrected chi connectivity index (χ4v) is 2.39. The van der Waals surface area contributed by atoms with Gasteiger partial charge in [0.15, 0.2) is 11.4 Å². The van der Waals surface area contributed by atoms with Crippen LogP contribution in [0.2, 0.25) is 0 Å². The molecule has 0 amide bonds. The Kier molecular flexibility index (Phi) is 4.42. The van der Waals surface area contributed by atoms with Crippen molar-refractivity contribution in [1.29, 1.82) is 0 Å². The van der Waals surface area contributed by atoms with Gasteiger partial charge in [0.25, 0.3) is 0 Å². The van der Waals surface area contributed by atoms with E-state index in [4.69, 9.17) is 9.47 Å². The van der Waals surface area contributed by atoms with Gasteiger partial charge in [-0.2, -0.15) is 5.10 Å². The van der Waals surface area contributed by atoms with E-state index in [1.165, 1.54) is 0 Å². The minimum Gasteiger partial charge on any atom is -0.493 e. The predicted octanol–water partition coefficient (Wildman–Crippen LogP) is 1.79. The average molecular weight is 276 g/mol. The number of nitrogens with zero attached hydrogens (tertiary/aromatic N) is 2. The molecule has 2 aromatic rings. The molecule has 0 aliphatic rings. The molecular weight excluding hydrogens is 256 g/mol. The Balaban J connectivity index is 2.61. The number of hydrogen-bond donors (Lipinski definition) is 1. The van der Waals surface area contributed by atoms with Gasteiger partial charge in [-0.05, 0) is 12.5 Å². The van der Waals surface area contributed by atoms with Crippen LogP contribution in [0, 0.1) is 0 Å². The van der Waals surface area contributed by atoms with Gasteiger partial charge in [0.05, 0.1) is 19.9 Å². The van der Waals surface area contributed by atoms with Gasteiger partial charge in [0.2, 0.25) is 0 Å². The van der Waals surface area contributed by atoms with Crippen LogP contribution in [0.25, 0.3) is 0 Å². The zero-order valence-electron chi connectivity index (χ0n) is 12.0. The molecule has 108 valence electrons. The maximum atomic E-state index is 11.2. The molecule has 0 fully saturated rings. The maximum absolute atomic E-state index is 11.2. The van der Waals surface area contributed by atoms with E-state index in [0.717, 1.165) is 5.56 Å². The molecule has 0 aliphatic heterocycles. The van der Waals surface area contributed by atoms with Crippen molar-refractivity contribution in [3.05, 3.63) is 47.8 Å². The van der Waals surface area contributed by atoms with Crippen LogP contribution in [0.15, 0.2) is 36.5 Å². The molecule has 0 radical (unpaired) electrons. The second-order valence-corrected chi connectivity index (χ2v) is 4.54. The molecule has 0 saturated heterocycles. The molecule has 1 unspecified atom stereocenters. The molecule has 5 nitrogen and oxygen atoms in total. The van der Waals surface area contributed by atoms with Crippen LogP contribution in [0.5, 0.6) is 5.75 Å². The van der Waals surface area contributed by atoms with Gasteiger partial charge in [-0.1, -0.05) is 30.3 Å². The number of aliphatic hydroxyl groups is 1. The molecule has 0 bridgehead atoms. The van der Waals surface area contributed by atoms with E-state index in [0.29, 0.717) is 18.0 Å². The summed E-state index contributed by atoms with van der Waals surface area (Å²) in [5.41, 5.74) is 0.0549. The fraction of sp³-hybridized carbons (Fsp3) is 0.400. The third-order valence-electron chi connectivity index (χ3n) is 3.32. The van der Waals surface area contributed by atoms with Crippen molar-refractivity contribution in [3.63, 3.8) is 0 Å². The van der Waals surface area contributed by atoms with Gasteiger partial charge in [0, 0.05) is 13.7 Å². The Bertz CT molecular complexity index is 532. The monoisotopic (exact) mass is 276 g/mol.